The van der Waals surface area contributed by atoms with Crippen molar-refractivity contribution in [1.29, 1.82) is 0 Å². The van der Waals surface area contributed by atoms with Crippen LogP contribution >= 0.6 is 0 Å². The average molecular weight is 608 g/mol. The fourth-order valence-corrected chi connectivity index (χ4v) is 6.75. The minimum absolute atomic E-state index is 0.00394. The van der Waals surface area contributed by atoms with Crippen molar-refractivity contribution < 1.29 is 33.4 Å². The molecule has 0 bridgehead atoms. The first-order chi connectivity index (χ1) is 20.9. The number of likely N-dealkylation sites (N-methyl/N-ethyl adjacent to an activating group) is 1. The minimum Gasteiger partial charge on any atom is -0.458 e. The molecule has 3 aromatic rings. The van der Waals surface area contributed by atoms with Gasteiger partial charge >= 0.3 is 5.97 Å². The molecule has 2 aromatic heterocycles. The standard InChI is InChI=1S/C31H34FN5O7/c1-5-31(42)19-8-23-27-17(11-37(23)29(40)18(19)12-43-30(31)41)26-22(36(4)28(39)15(3)44-13-34-24(38)10-33)7-6-16-14(2)20(32)9-21(35-27)25(16)26/h8-9,15,22,42H,5-7,10-13,33H2,1-4H3,(H,34,38)/t15?,22-,31-/m0/s1. The molecule has 4 N–H and O–H groups in total. The van der Waals surface area contributed by atoms with E-state index in [2.05, 4.69) is 5.32 Å². The Morgan fingerprint density at radius 3 is 2.77 bits per heavy atom. The third-order valence-electron chi connectivity index (χ3n) is 9.30. The van der Waals surface area contributed by atoms with Crippen LogP contribution in [0.15, 0.2) is 16.9 Å². The fraction of sp³-hybridized carbons (Fsp3) is 0.452. The lowest BCUT2D eigenvalue weighted by molar-refractivity contribution is -0.172. The number of rotatable bonds is 7. The summed E-state index contributed by atoms with van der Waals surface area (Å²) >= 11 is 0. The molecule has 0 spiro atoms. The maximum atomic E-state index is 15.2. The Kier molecular flexibility index (Phi) is 7.30. The van der Waals surface area contributed by atoms with Gasteiger partial charge in [0.25, 0.3) is 11.5 Å². The van der Waals surface area contributed by atoms with Gasteiger partial charge < -0.3 is 35.1 Å². The van der Waals surface area contributed by atoms with Crippen molar-refractivity contribution in [3.63, 3.8) is 0 Å². The van der Waals surface area contributed by atoms with Crippen LogP contribution in [0, 0.1) is 12.7 Å². The minimum atomic E-state index is -1.98. The number of halogens is 1. The van der Waals surface area contributed by atoms with Crippen molar-refractivity contribution in [2.24, 2.45) is 5.73 Å². The van der Waals surface area contributed by atoms with Crippen LogP contribution in [0.25, 0.3) is 22.3 Å². The van der Waals surface area contributed by atoms with Crippen LogP contribution in [0.4, 0.5) is 4.39 Å². The molecular formula is C31H34FN5O7. The first-order valence-electron chi connectivity index (χ1n) is 14.6. The Labute approximate surface area is 251 Å². The van der Waals surface area contributed by atoms with Crippen LogP contribution in [0.3, 0.4) is 0 Å². The number of pyridine rings is 2. The molecule has 0 saturated heterocycles. The Balaban J connectivity index is 1.49. The molecule has 1 aromatic carbocycles. The molecule has 13 heteroatoms. The lowest BCUT2D eigenvalue weighted by Gasteiger charge is -2.36. The number of hydrogen-bond acceptors (Lipinski definition) is 9. The molecule has 1 aliphatic carbocycles. The summed E-state index contributed by atoms with van der Waals surface area (Å²) < 4.78 is 27.5. The highest BCUT2D eigenvalue weighted by Gasteiger charge is 2.46. The Morgan fingerprint density at radius 1 is 1.32 bits per heavy atom. The lowest BCUT2D eigenvalue weighted by Crippen LogP contribution is -2.44. The summed E-state index contributed by atoms with van der Waals surface area (Å²) in [6.07, 6.45) is 0.100. The lowest BCUT2D eigenvalue weighted by atomic mass is 9.81. The zero-order valence-electron chi connectivity index (χ0n) is 25.0. The smallest absolute Gasteiger partial charge is 0.343 e. The van der Waals surface area contributed by atoms with Gasteiger partial charge in [0.05, 0.1) is 41.6 Å². The number of benzene rings is 1. The van der Waals surface area contributed by atoms with E-state index in [1.807, 2.05) is 0 Å². The molecular weight excluding hydrogens is 573 g/mol. The molecule has 44 heavy (non-hydrogen) atoms. The van der Waals surface area contributed by atoms with Crippen LogP contribution in [0.1, 0.15) is 66.1 Å². The quantitative estimate of drug-likeness (QED) is 0.208. The van der Waals surface area contributed by atoms with Crippen LogP contribution in [0.2, 0.25) is 0 Å². The van der Waals surface area contributed by atoms with Crippen molar-refractivity contribution in [1.82, 2.24) is 19.8 Å². The van der Waals surface area contributed by atoms with E-state index >= 15 is 4.39 Å². The number of hydrogen-bond donors (Lipinski definition) is 3. The van der Waals surface area contributed by atoms with E-state index in [0.717, 1.165) is 16.5 Å². The van der Waals surface area contributed by atoms with E-state index in [1.165, 1.54) is 10.6 Å². The van der Waals surface area contributed by atoms with Gasteiger partial charge in [-0.15, -0.1) is 0 Å². The Morgan fingerprint density at radius 2 is 2.07 bits per heavy atom. The molecule has 2 aliphatic heterocycles. The van der Waals surface area contributed by atoms with E-state index in [1.54, 1.807) is 38.8 Å². The number of ether oxygens (including phenoxy) is 2. The highest BCUT2D eigenvalue weighted by molar-refractivity contribution is 5.94. The molecule has 0 fully saturated rings. The number of aliphatic hydroxyl groups is 1. The van der Waals surface area contributed by atoms with Crippen molar-refractivity contribution >= 4 is 28.7 Å². The van der Waals surface area contributed by atoms with Gasteiger partial charge in [-0.05, 0) is 55.9 Å². The monoisotopic (exact) mass is 607 g/mol. The van der Waals surface area contributed by atoms with E-state index in [9.17, 15) is 24.3 Å². The van der Waals surface area contributed by atoms with Crippen molar-refractivity contribution in [2.75, 3.05) is 20.3 Å². The number of esters is 1. The molecule has 2 amide bonds. The Hall–Kier alpha value is -4.20. The number of amides is 2. The van der Waals surface area contributed by atoms with Gasteiger partial charge in [-0.1, -0.05) is 6.92 Å². The number of fused-ring (bicyclic) bond motifs is 5. The largest absolute Gasteiger partial charge is 0.458 e. The number of aryl methyl sites for hydroxylation is 1. The van der Waals surface area contributed by atoms with Gasteiger partial charge in [0.15, 0.2) is 5.60 Å². The predicted octanol–water partition coefficient (Wildman–Crippen LogP) is 1.41. The summed E-state index contributed by atoms with van der Waals surface area (Å²) in [7, 11) is 1.67. The summed E-state index contributed by atoms with van der Waals surface area (Å²) in [6, 6.07) is 2.52. The number of aromatic nitrogens is 2. The van der Waals surface area contributed by atoms with E-state index in [-0.39, 0.29) is 49.9 Å². The van der Waals surface area contributed by atoms with Crippen LogP contribution in [-0.2, 0) is 49.0 Å². The Bertz CT molecular complexity index is 1820. The van der Waals surface area contributed by atoms with Crippen LogP contribution < -0.4 is 16.6 Å². The second-order valence-corrected chi connectivity index (χ2v) is 11.6. The van der Waals surface area contributed by atoms with Gasteiger partial charge in [0.1, 0.15) is 25.3 Å². The third kappa shape index (κ3) is 4.32. The number of nitrogens with one attached hydrogen (secondary N) is 1. The molecule has 0 saturated carbocycles. The molecule has 12 nitrogen and oxygen atoms in total. The van der Waals surface area contributed by atoms with Gasteiger partial charge in [-0.3, -0.25) is 14.4 Å². The van der Waals surface area contributed by atoms with Crippen LogP contribution in [-0.4, -0.2) is 63.8 Å². The zero-order valence-corrected chi connectivity index (χ0v) is 25.0. The second-order valence-electron chi connectivity index (χ2n) is 11.6. The van der Waals surface area contributed by atoms with Crippen molar-refractivity contribution in [3.05, 3.63) is 61.7 Å². The molecule has 4 heterocycles. The van der Waals surface area contributed by atoms with Crippen molar-refractivity contribution in [2.45, 2.75) is 70.9 Å². The van der Waals surface area contributed by atoms with Gasteiger partial charge in [0.2, 0.25) is 5.91 Å². The summed E-state index contributed by atoms with van der Waals surface area (Å²) in [4.78, 5) is 57.9. The maximum absolute atomic E-state index is 15.2. The predicted molar refractivity (Wildman–Crippen MR) is 156 cm³/mol. The average Bonchev–Trinajstić information content (AvgIpc) is 3.39. The fourth-order valence-electron chi connectivity index (χ4n) is 6.75. The first-order valence-corrected chi connectivity index (χ1v) is 14.6. The highest BCUT2D eigenvalue weighted by atomic mass is 19.1. The highest BCUT2D eigenvalue weighted by Crippen LogP contribution is 2.47. The summed E-state index contributed by atoms with van der Waals surface area (Å²) in [6.45, 7) is 4.44. The van der Waals surface area contributed by atoms with Crippen LogP contribution in [0.5, 0.6) is 0 Å². The second kappa shape index (κ2) is 10.8. The van der Waals surface area contributed by atoms with E-state index in [4.69, 9.17) is 20.2 Å². The summed E-state index contributed by atoms with van der Waals surface area (Å²) in [5, 5.41) is 14.5. The SMILES string of the molecule is CC[C@@]1(O)C(=O)OCc2c1cc1n(c2=O)Cc2c-1nc1cc(F)c(C)c3c1c2[C@@H](N(C)C(=O)C(C)OCNC(=O)CN)CC3. The molecule has 3 aliphatic rings. The normalized spacial score (nSPS) is 20.4. The summed E-state index contributed by atoms with van der Waals surface area (Å²) in [5.41, 5.74) is 7.31. The number of carbonyl (C=O) groups excluding carboxylic acids is 3. The number of nitrogens with two attached hydrogens (primary N) is 1. The zero-order chi connectivity index (χ0) is 31.7. The molecule has 1 unspecified atom stereocenters. The molecule has 0 radical (unpaired) electrons. The maximum Gasteiger partial charge on any atom is 0.343 e. The first kappa shape index (κ1) is 29.9. The topological polar surface area (TPSA) is 166 Å². The van der Waals surface area contributed by atoms with E-state index < -0.39 is 41.0 Å². The molecule has 3 atom stereocenters. The summed E-state index contributed by atoms with van der Waals surface area (Å²) in [5.74, 6) is -1.97. The number of cyclic esters (lactones) is 1. The number of carbonyl (C=O) groups is 3. The van der Waals surface area contributed by atoms with E-state index in [0.29, 0.717) is 40.9 Å². The number of nitrogens with zero attached hydrogens (tertiary/aromatic N) is 3. The molecule has 232 valence electrons. The third-order valence-corrected chi connectivity index (χ3v) is 9.30. The van der Waals surface area contributed by atoms with Gasteiger partial charge in [-0.25, -0.2) is 14.2 Å². The van der Waals surface area contributed by atoms with Gasteiger partial charge in [0, 0.05) is 29.6 Å². The van der Waals surface area contributed by atoms with Gasteiger partial charge in [-0.2, -0.15) is 0 Å². The van der Waals surface area contributed by atoms with Crippen molar-refractivity contribution in [3.8, 4) is 11.4 Å². The molecule has 6 rings (SSSR count).